The summed E-state index contributed by atoms with van der Waals surface area (Å²) in [6.07, 6.45) is 1.82. The van der Waals surface area contributed by atoms with Crippen LogP contribution in [0.2, 0.25) is 19.6 Å². The van der Waals surface area contributed by atoms with E-state index in [4.69, 9.17) is 9.40 Å². The van der Waals surface area contributed by atoms with Gasteiger partial charge in [0.25, 0.3) is 0 Å². The Morgan fingerprint density at radius 2 is 1.20 bits per heavy atom. The molecule has 0 amide bonds. The van der Waals surface area contributed by atoms with Crippen molar-refractivity contribution >= 4 is 67.8 Å². The molecule has 12 rings (SSSR count). The molecular formula is C73H70FIrN3OSi-2. The third kappa shape index (κ3) is 10.9. The van der Waals surface area contributed by atoms with Crippen LogP contribution in [0.25, 0.3) is 105 Å². The molecule has 0 bridgehead atoms. The predicted octanol–water partition coefficient (Wildman–Crippen LogP) is 20.1. The van der Waals surface area contributed by atoms with Crippen LogP contribution in [0.5, 0.6) is 0 Å². The molecule has 4 nitrogen and oxygen atoms in total. The first-order chi connectivity index (χ1) is 37.6. The van der Waals surface area contributed by atoms with Crippen molar-refractivity contribution in [2.45, 2.75) is 112 Å². The molecule has 0 aliphatic rings. The van der Waals surface area contributed by atoms with Crippen molar-refractivity contribution in [3.05, 3.63) is 216 Å². The van der Waals surface area contributed by atoms with Gasteiger partial charge >= 0.3 is 0 Å². The summed E-state index contributed by atoms with van der Waals surface area (Å²) in [5.41, 5.74) is 17.8. The zero-order valence-corrected chi connectivity index (χ0v) is 51.8. The fourth-order valence-corrected chi connectivity index (χ4v) is 12.1. The number of halogens is 1. The summed E-state index contributed by atoms with van der Waals surface area (Å²) < 4.78 is 22.1. The van der Waals surface area contributed by atoms with E-state index in [-0.39, 0.29) is 48.6 Å². The molecule has 0 spiro atoms. The fraction of sp³-hybridized carbons (Fsp3) is 0.233. The van der Waals surface area contributed by atoms with Gasteiger partial charge in [0.15, 0.2) is 0 Å². The van der Waals surface area contributed by atoms with Gasteiger partial charge in [0, 0.05) is 43.2 Å². The van der Waals surface area contributed by atoms with Crippen LogP contribution in [-0.2, 0) is 30.9 Å². The molecule has 405 valence electrons. The Hall–Kier alpha value is -7.28. The van der Waals surface area contributed by atoms with Gasteiger partial charge in [-0.2, -0.15) is 0 Å². The zero-order chi connectivity index (χ0) is 55.7. The molecule has 3 heterocycles. The van der Waals surface area contributed by atoms with E-state index in [9.17, 15) is 4.39 Å². The Balaban J connectivity index is 0.000000342. The molecule has 0 saturated carbocycles. The zero-order valence-electron chi connectivity index (χ0n) is 48.4. The molecule has 0 aliphatic heterocycles. The molecule has 7 heteroatoms. The van der Waals surface area contributed by atoms with Gasteiger partial charge in [0.05, 0.1) is 30.5 Å². The van der Waals surface area contributed by atoms with Crippen molar-refractivity contribution in [2.24, 2.45) is 0 Å². The fourth-order valence-electron chi connectivity index (χ4n) is 10.9. The van der Waals surface area contributed by atoms with E-state index in [0.29, 0.717) is 0 Å². The second-order valence-corrected chi connectivity index (χ2v) is 30.2. The number of rotatable bonds is 8. The first-order valence-electron chi connectivity index (χ1n) is 27.9. The Morgan fingerprint density at radius 1 is 0.575 bits per heavy atom. The first kappa shape index (κ1) is 56.0. The molecule has 0 fully saturated rings. The van der Waals surface area contributed by atoms with Gasteiger partial charge in [0.2, 0.25) is 0 Å². The van der Waals surface area contributed by atoms with E-state index < -0.39 is 8.07 Å². The topological polar surface area (TPSA) is 43.9 Å². The number of hydrogen-bond acceptors (Lipinski definition) is 3. The van der Waals surface area contributed by atoms with E-state index in [1.54, 1.807) is 6.07 Å². The van der Waals surface area contributed by atoms with Gasteiger partial charge in [-0.15, -0.1) is 48.0 Å². The standard InChI is InChI=1S/C59H55N2O.C14H15FNSi.Ir/c1-35(2)48-31-42(38-24-22-37(23-25-38)41-28-43(58(5,6)7)33-44(29-41)59(8,9)10)32-49(36(3)4)55(48)61-53-21-14-13-20-52(53)60-57(61)47-19-15-18-46-51-30-40-27-26-39-16-11-12-17-45(39)50(40)34-54(51)62-56(46)47;1-17(2,3)13-8-9-16-14(10-13)11-4-6-12(15)7-5-11;/h11-18,20-36H,1-10H3;4,6-10H,1-3H3;/q2*-1;. The van der Waals surface area contributed by atoms with Crippen LogP contribution >= 0.6 is 0 Å². The number of benzene rings is 9. The normalized spacial score (nSPS) is 12.2. The predicted molar refractivity (Wildman–Crippen MR) is 336 cm³/mol. The summed E-state index contributed by atoms with van der Waals surface area (Å²) in [5, 5.41) is 8.34. The molecule has 1 radical (unpaired) electrons. The van der Waals surface area contributed by atoms with E-state index >= 15 is 0 Å². The molecule has 0 saturated heterocycles. The van der Waals surface area contributed by atoms with Crippen LogP contribution in [-0.4, -0.2) is 22.6 Å². The summed E-state index contributed by atoms with van der Waals surface area (Å²) in [6, 6.07) is 66.6. The Bertz CT molecular complexity index is 4200. The van der Waals surface area contributed by atoms with Crippen molar-refractivity contribution in [3.8, 4) is 50.6 Å². The van der Waals surface area contributed by atoms with Gasteiger partial charge in [0.1, 0.15) is 5.58 Å². The second kappa shape index (κ2) is 21.6. The van der Waals surface area contributed by atoms with Crippen LogP contribution < -0.4 is 5.19 Å². The summed E-state index contributed by atoms with van der Waals surface area (Å²) >= 11 is 0. The van der Waals surface area contributed by atoms with Gasteiger partial charge < -0.3 is 14.0 Å². The Kier molecular flexibility index (Phi) is 15.2. The quantitative estimate of drug-likeness (QED) is 0.0865. The van der Waals surface area contributed by atoms with Crippen molar-refractivity contribution in [1.82, 2.24) is 14.5 Å². The molecule has 80 heavy (non-hydrogen) atoms. The summed E-state index contributed by atoms with van der Waals surface area (Å²) in [6.45, 7) is 29.9. The van der Waals surface area contributed by atoms with E-state index in [1.165, 1.54) is 89.1 Å². The average Bonchev–Trinajstić information content (AvgIpc) is 4.12. The smallest absolute Gasteiger partial charge is 0.121 e. The number of fused-ring (bicyclic) bond motifs is 7. The minimum absolute atomic E-state index is 0. The SMILES string of the molecule is CC(C)c1cc(-c2ccc(-c3cc(C(C)(C)C)cc(C(C)(C)C)c3)cc2)cc(C(C)C)c1-n1c(-c2[c-]ccc3c2oc2cc4c(ccc5ccccc54)cc23)nc2ccccc21.C[Si](C)(C)c1ccnc(-c2[c-]cc(F)cc2)c1.[Ir]. The number of imidazole rings is 1. The van der Waals surface area contributed by atoms with Gasteiger partial charge in [-0.25, -0.2) is 0 Å². The maximum absolute atomic E-state index is 12.8. The third-order valence-electron chi connectivity index (χ3n) is 15.6. The average molecular weight is 1240 g/mol. The van der Waals surface area contributed by atoms with Crippen molar-refractivity contribution in [1.29, 1.82) is 0 Å². The molecule has 0 atom stereocenters. The first-order valence-corrected chi connectivity index (χ1v) is 31.4. The second-order valence-electron chi connectivity index (χ2n) is 25.1. The third-order valence-corrected chi connectivity index (χ3v) is 17.7. The van der Waals surface area contributed by atoms with Crippen LogP contribution in [0.15, 0.2) is 180 Å². The van der Waals surface area contributed by atoms with Crippen LogP contribution in [0.4, 0.5) is 4.39 Å². The number of hydrogen-bond donors (Lipinski definition) is 0. The van der Waals surface area contributed by atoms with Crippen LogP contribution in [0, 0.1) is 17.9 Å². The number of furan rings is 1. The summed E-state index contributed by atoms with van der Waals surface area (Å²) in [7, 11) is -1.34. The number of para-hydroxylation sites is 2. The monoisotopic (exact) mass is 1240 g/mol. The van der Waals surface area contributed by atoms with Crippen LogP contribution in [0.3, 0.4) is 0 Å². The minimum atomic E-state index is -1.34. The molecular weight excluding hydrogens is 1170 g/mol. The molecule has 9 aromatic carbocycles. The minimum Gasteiger partial charge on any atom is -0.501 e. The van der Waals surface area contributed by atoms with Crippen molar-refractivity contribution < 1.29 is 28.9 Å². The largest absolute Gasteiger partial charge is 0.501 e. The van der Waals surface area contributed by atoms with Gasteiger partial charge in [-0.05, 0) is 137 Å². The van der Waals surface area contributed by atoms with Gasteiger partial charge in [-0.1, -0.05) is 202 Å². The van der Waals surface area contributed by atoms with E-state index in [2.05, 4.69) is 256 Å². The number of aromatic nitrogens is 3. The molecule has 0 unspecified atom stereocenters. The maximum Gasteiger partial charge on any atom is 0.121 e. The van der Waals surface area contributed by atoms with Crippen molar-refractivity contribution in [2.75, 3.05) is 0 Å². The Morgan fingerprint density at radius 3 is 1.82 bits per heavy atom. The molecule has 12 aromatic rings. The van der Waals surface area contributed by atoms with Crippen LogP contribution in [0.1, 0.15) is 103 Å². The summed E-state index contributed by atoms with van der Waals surface area (Å²) in [4.78, 5) is 9.73. The van der Waals surface area contributed by atoms with Crippen molar-refractivity contribution in [3.63, 3.8) is 0 Å². The molecule has 0 N–H and O–H groups in total. The Labute approximate surface area is 486 Å². The maximum atomic E-state index is 12.8. The molecule has 0 aliphatic carbocycles. The molecule has 3 aromatic heterocycles. The van der Waals surface area contributed by atoms with E-state index in [1.807, 2.05) is 12.3 Å². The van der Waals surface area contributed by atoms with Gasteiger partial charge in [-0.3, -0.25) is 9.37 Å². The number of nitrogens with zero attached hydrogens (tertiary/aromatic N) is 3. The summed E-state index contributed by atoms with van der Waals surface area (Å²) in [5.74, 6) is 1.04. The van der Waals surface area contributed by atoms with E-state index in [0.717, 1.165) is 55.6 Å². The number of pyridine rings is 1.